The van der Waals surface area contributed by atoms with Crippen LogP contribution >= 0.6 is 11.3 Å². The number of fused-ring (bicyclic) bond motifs is 2. The van der Waals surface area contributed by atoms with Crippen LogP contribution in [0.5, 0.6) is 0 Å². The van der Waals surface area contributed by atoms with Gasteiger partial charge < -0.3 is 14.3 Å². The Morgan fingerprint density at radius 2 is 2.00 bits per heavy atom. The molecule has 0 aliphatic carbocycles. The third-order valence-corrected chi connectivity index (χ3v) is 6.74. The molecule has 5 aromatic rings. The van der Waals surface area contributed by atoms with Crippen LogP contribution in [0.3, 0.4) is 0 Å². The fourth-order valence-corrected chi connectivity index (χ4v) is 5.04. The van der Waals surface area contributed by atoms with Crippen molar-refractivity contribution in [3.63, 3.8) is 0 Å². The summed E-state index contributed by atoms with van der Waals surface area (Å²) in [4.78, 5) is 28.0. The number of H-pyrrole nitrogens is 1. The number of amides is 1. The van der Waals surface area contributed by atoms with Gasteiger partial charge in [0.2, 0.25) is 0 Å². The van der Waals surface area contributed by atoms with Crippen LogP contribution in [0.1, 0.15) is 32.9 Å². The number of rotatable bonds is 3. The lowest BCUT2D eigenvalue weighted by Gasteiger charge is -2.33. The molecule has 0 spiro atoms. The molecule has 32 heavy (non-hydrogen) atoms. The maximum Gasteiger partial charge on any atom is 0.266 e. The van der Waals surface area contributed by atoms with Crippen LogP contribution < -0.4 is 0 Å². The summed E-state index contributed by atoms with van der Waals surface area (Å²) in [6, 6.07) is 15.4. The Balaban J connectivity index is 1.38. The number of furan rings is 1. The van der Waals surface area contributed by atoms with Crippen LogP contribution in [-0.2, 0) is 6.42 Å². The molecule has 1 aliphatic rings. The normalized spacial score (nSPS) is 15.8. The van der Waals surface area contributed by atoms with Gasteiger partial charge in [0.1, 0.15) is 33.1 Å². The molecule has 3 aromatic heterocycles. The van der Waals surface area contributed by atoms with E-state index >= 15 is 0 Å². The molecule has 158 valence electrons. The molecule has 0 fully saturated rings. The molecule has 1 amide bonds. The Labute approximate surface area is 186 Å². The van der Waals surface area contributed by atoms with Gasteiger partial charge in [0.25, 0.3) is 5.91 Å². The Hall–Kier alpha value is -3.78. The summed E-state index contributed by atoms with van der Waals surface area (Å²) in [6.45, 7) is 0.527. The molecular weight excluding hydrogens is 427 g/mol. The number of para-hydroxylation sites is 1. The maximum absolute atomic E-state index is 13.6. The predicted octanol–water partition coefficient (Wildman–Crippen LogP) is 5.21. The molecule has 0 radical (unpaired) electrons. The van der Waals surface area contributed by atoms with Crippen LogP contribution in [-0.4, -0.2) is 32.3 Å². The second kappa shape index (κ2) is 7.42. The number of hydrogen-bond acceptors (Lipinski definition) is 5. The minimum Gasteiger partial charge on any atom is -0.458 e. The fourth-order valence-electron chi connectivity index (χ4n) is 4.16. The number of hydrogen-bond donors (Lipinski definition) is 1. The summed E-state index contributed by atoms with van der Waals surface area (Å²) in [5, 5.41) is 1.65. The van der Waals surface area contributed by atoms with Gasteiger partial charge in [-0.25, -0.2) is 14.4 Å². The quantitative estimate of drug-likeness (QED) is 0.415. The first kappa shape index (κ1) is 18.9. The average molecular weight is 444 g/mol. The highest BCUT2D eigenvalue weighted by Gasteiger charge is 2.37. The van der Waals surface area contributed by atoms with Crippen molar-refractivity contribution in [3.8, 4) is 10.6 Å². The van der Waals surface area contributed by atoms with E-state index in [-0.39, 0.29) is 11.7 Å². The van der Waals surface area contributed by atoms with Crippen LogP contribution in [0.25, 0.3) is 21.5 Å². The fraction of sp³-hybridized carbons (Fsp3) is 0.125. The first-order chi connectivity index (χ1) is 15.7. The summed E-state index contributed by atoms with van der Waals surface area (Å²) in [6.07, 6.45) is 3.93. The highest BCUT2D eigenvalue weighted by Crippen LogP contribution is 2.38. The van der Waals surface area contributed by atoms with Gasteiger partial charge in [-0.05, 0) is 36.4 Å². The lowest BCUT2D eigenvalue weighted by molar-refractivity contribution is 0.0677. The average Bonchev–Trinajstić information content (AvgIpc) is 3.57. The molecule has 1 N–H and O–H groups in total. The zero-order chi connectivity index (χ0) is 21.7. The van der Waals surface area contributed by atoms with Crippen LogP contribution in [0.2, 0.25) is 0 Å². The summed E-state index contributed by atoms with van der Waals surface area (Å²) in [7, 11) is 0. The molecule has 4 heterocycles. The summed E-state index contributed by atoms with van der Waals surface area (Å²) in [5.74, 6) is 0.240. The van der Waals surface area contributed by atoms with Crippen molar-refractivity contribution in [2.45, 2.75) is 12.5 Å². The molecule has 0 saturated carbocycles. The maximum atomic E-state index is 13.6. The monoisotopic (exact) mass is 444 g/mol. The van der Waals surface area contributed by atoms with E-state index in [0.717, 1.165) is 27.9 Å². The van der Waals surface area contributed by atoms with Gasteiger partial charge >= 0.3 is 0 Å². The van der Waals surface area contributed by atoms with Crippen molar-refractivity contribution in [1.29, 1.82) is 0 Å². The van der Waals surface area contributed by atoms with Gasteiger partial charge in [-0.1, -0.05) is 18.2 Å². The van der Waals surface area contributed by atoms with Gasteiger partial charge in [-0.3, -0.25) is 4.79 Å². The summed E-state index contributed by atoms with van der Waals surface area (Å²) >= 11 is 1.30. The lowest BCUT2D eigenvalue weighted by atomic mass is 10.00. The number of imidazole rings is 1. The van der Waals surface area contributed by atoms with E-state index in [1.54, 1.807) is 29.6 Å². The van der Waals surface area contributed by atoms with Crippen molar-refractivity contribution in [2.75, 3.05) is 6.54 Å². The number of carbonyl (C=O) groups excluding carboxylic acids is 1. The second-order valence-electron chi connectivity index (χ2n) is 7.64. The van der Waals surface area contributed by atoms with Gasteiger partial charge in [-0.2, -0.15) is 0 Å². The van der Waals surface area contributed by atoms with Crippen molar-refractivity contribution in [1.82, 2.24) is 19.9 Å². The number of nitrogens with one attached hydrogen (secondary N) is 1. The lowest BCUT2D eigenvalue weighted by Crippen LogP contribution is -2.40. The van der Waals surface area contributed by atoms with Crippen molar-refractivity contribution in [3.05, 3.63) is 95.0 Å². The zero-order valence-corrected chi connectivity index (χ0v) is 17.6. The molecule has 0 saturated heterocycles. The highest BCUT2D eigenvalue weighted by atomic mass is 32.1. The first-order valence-electron chi connectivity index (χ1n) is 10.2. The first-order valence-corrected chi connectivity index (χ1v) is 11.0. The standard InChI is InChI=1S/C24H17FN4O2S/c25-16-7-5-14(6-8-16)23-26-12-20(32-23)24(30)29-10-9-17-21(28-13-27-17)22(29)19-11-15-3-1-2-4-18(15)31-19/h1-8,11-13,22H,9-10H2,(H,27,28)/t22-/m1/s1. The molecule has 6 rings (SSSR count). The number of halogens is 1. The van der Waals surface area contributed by atoms with E-state index < -0.39 is 6.04 Å². The minimum atomic E-state index is -0.429. The molecular formula is C24H17FN4O2S. The van der Waals surface area contributed by atoms with Gasteiger partial charge in [0.05, 0.1) is 18.2 Å². The third-order valence-electron chi connectivity index (χ3n) is 5.71. The highest BCUT2D eigenvalue weighted by molar-refractivity contribution is 7.16. The SMILES string of the molecule is O=C(c1cnc(-c2ccc(F)cc2)s1)N1CCc2[nH]cnc2[C@H]1c1cc2ccccc2o1. The van der Waals surface area contributed by atoms with E-state index in [2.05, 4.69) is 15.0 Å². The Morgan fingerprint density at radius 3 is 2.84 bits per heavy atom. The molecule has 1 atom stereocenters. The van der Waals surface area contributed by atoms with Gasteiger partial charge in [-0.15, -0.1) is 11.3 Å². The number of nitrogens with zero attached hydrogens (tertiary/aromatic N) is 3. The topological polar surface area (TPSA) is 75.0 Å². The van der Waals surface area contributed by atoms with Crippen molar-refractivity contribution < 1.29 is 13.6 Å². The number of aromatic nitrogens is 3. The molecule has 1 aliphatic heterocycles. The molecule has 0 bridgehead atoms. The van der Waals surface area contributed by atoms with Crippen LogP contribution in [0.4, 0.5) is 4.39 Å². The smallest absolute Gasteiger partial charge is 0.266 e. The van der Waals surface area contributed by atoms with E-state index in [4.69, 9.17) is 4.42 Å². The Kier molecular flexibility index (Phi) is 4.39. The molecule has 0 unspecified atom stereocenters. The number of aromatic amines is 1. The number of carbonyl (C=O) groups is 1. The largest absolute Gasteiger partial charge is 0.458 e. The zero-order valence-electron chi connectivity index (χ0n) is 16.8. The second-order valence-corrected chi connectivity index (χ2v) is 8.67. The van der Waals surface area contributed by atoms with E-state index in [1.165, 1.54) is 23.5 Å². The number of benzene rings is 2. The van der Waals surface area contributed by atoms with E-state index in [9.17, 15) is 9.18 Å². The minimum absolute atomic E-state index is 0.130. The third kappa shape index (κ3) is 3.11. The molecule has 2 aromatic carbocycles. The van der Waals surface area contributed by atoms with Crippen LogP contribution in [0.15, 0.2) is 71.5 Å². The predicted molar refractivity (Wildman–Crippen MR) is 119 cm³/mol. The van der Waals surface area contributed by atoms with Gasteiger partial charge in [0, 0.05) is 29.6 Å². The summed E-state index contributed by atoms with van der Waals surface area (Å²) in [5.41, 5.74) is 3.36. The van der Waals surface area contributed by atoms with E-state index in [0.29, 0.717) is 28.6 Å². The van der Waals surface area contributed by atoms with Crippen molar-refractivity contribution >= 4 is 28.2 Å². The molecule has 8 heteroatoms. The van der Waals surface area contributed by atoms with Crippen molar-refractivity contribution in [2.24, 2.45) is 0 Å². The van der Waals surface area contributed by atoms with Crippen LogP contribution in [0, 0.1) is 5.82 Å². The summed E-state index contributed by atoms with van der Waals surface area (Å²) < 4.78 is 19.4. The Bertz CT molecular complexity index is 1400. The van der Waals surface area contributed by atoms with Gasteiger partial charge in [0.15, 0.2) is 0 Å². The Morgan fingerprint density at radius 1 is 1.16 bits per heavy atom. The number of thiazole rings is 1. The molecule has 6 nitrogen and oxygen atoms in total. The van der Waals surface area contributed by atoms with E-state index in [1.807, 2.05) is 30.3 Å².